The minimum Gasteiger partial charge on any atom is -0.335 e. The number of rotatable bonds is 2. The fraction of sp³-hybridized carbons (Fsp3) is 0.727. The first kappa shape index (κ1) is 8.48. The van der Waals surface area contributed by atoms with E-state index in [4.69, 9.17) is 10.7 Å². The van der Waals surface area contributed by atoms with E-state index in [-0.39, 0.29) is 5.41 Å². The van der Waals surface area contributed by atoms with Gasteiger partial charge < -0.3 is 10.3 Å². The van der Waals surface area contributed by atoms with Gasteiger partial charge in [-0.2, -0.15) is 0 Å². The van der Waals surface area contributed by atoms with Crippen LogP contribution in [0.5, 0.6) is 0 Å². The van der Waals surface area contributed by atoms with Gasteiger partial charge in [-0.1, -0.05) is 0 Å². The zero-order valence-electron chi connectivity index (χ0n) is 8.50. The predicted octanol–water partition coefficient (Wildman–Crippen LogP) is 1.21. The van der Waals surface area contributed by atoms with Gasteiger partial charge in [-0.3, -0.25) is 0 Å². The van der Waals surface area contributed by atoms with E-state index in [1.807, 2.05) is 0 Å². The van der Waals surface area contributed by atoms with Crippen LogP contribution in [0.2, 0.25) is 0 Å². The van der Waals surface area contributed by atoms with Crippen LogP contribution in [0.1, 0.15) is 37.2 Å². The first-order chi connectivity index (χ1) is 6.84. The molecule has 1 aliphatic heterocycles. The first-order valence-electron chi connectivity index (χ1n) is 5.61. The summed E-state index contributed by atoms with van der Waals surface area (Å²) in [4.78, 5) is 4.74. The highest BCUT2D eigenvalue weighted by Crippen LogP contribution is 2.46. The Morgan fingerprint density at radius 1 is 1.43 bits per heavy atom. The minimum atomic E-state index is 0.268. The van der Waals surface area contributed by atoms with Crippen LogP contribution in [0.4, 0.5) is 0 Å². The normalized spacial score (nSPS) is 23.2. The van der Waals surface area contributed by atoms with Gasteiger partial charge in [-0.25, -0.2) is 4.98 Å². The summed E-state index contributed by atoms with van der Waals surface area (Å²) in [5.74, 6) is 1.28. The van der Waals surface area contributed by atoms with Crippen molar-refractivity contribution in [3.63, 3.8) is 0 Å². The van der Waals surface area contributed by atoms with Gasteiger partial charge in [0.05, 0.1) is 5.69 Å². The summed E-state index contributed by atoms with van der Waals surface area (Å²) >= 11 is 0. The second-order valence-corrected chi connectivity index (χ2v) is 4.68. The van der Waals surface area contributed by atoms with Crippen molar-refractivity contribution in [1.29, 1.82) is 0 Å². The highest BCUT2D eigenvalue weighted by molar-refractivity contribution is 5.25. The van der Waals surface area contributed by atoms with Crippen LogP contribution in [-0.4, -0.2) is 16.1 Å². The van der Waals surface area contributed by atoms with Gasteiger partial charge in [0.1, 0.15) is 5.82 Å². The number of aryl methyl sites for hydroxylation is 2. The predicted molar refractivity (Wildman–Crippen MR) is 55.1 cm³/mol. The monoisotopic (exact) mass is 191 g/mol. The molecule has 1 aromatic heterocycles. The summed E-state index contributed by atoms with van der Waals surface area (Å²) in [5.41, 5.74) is 7.34. The SMILES string of the molecule is NCC1(c2cn3c(n2)CCCC3)CC1. The molecule has 76 valence electrons. The van der Waals surface area contributed by atoms with Crippen LogP contribution in [-0.2, 0) is 18.4 Å². The molecule has 0 radical (unpaired) electrons. The lowest BCUT2D eigenvalue weighted by Gasteiger charge is -2.11. The smallest absolute Gasteiger partial charge is 0.108 e. The Bertz CT molecular complexity index is 326. The number of nitrogens with zero attached hydrogens (tertiary/aromatic N) is 2. The van der Waals surface area contributed by atoms with Crippen molar-refractivity contribution in [3.05, 3.63) is 17.7 Å². The van der Waals surface area contributed by atoms with Crippen molar-refractivity contribution >= 4 is 0 Å². The number of imidazole rings is 1. The molecule has 1 saturated carbocycles. The molecule has 3 nitrogen and oxygen atoms in total. The van der Waals surface area contributed by atoms with Crippen LogP contribution >= 0.6 is 0 Å². The maximum absolute atomic E-state index is 5.81. The van der Waals surface area contributed by atoms with Crippen molar-refractivity contribution in [2.45, 2.75) is 44.1 Å². The summed E-state index contributed by atoms with van der Waals surface area (Å²) in [6.45, 7) is 1.92. The number of fused-ring (bicyclic) bond motifs is 1. The molecule has 3 heteroatoms. The van der Waals surface area contributed by atoms with Gasteiger partial charge in [0.2, 0.25) is 0 Å². The van der Waals surface area contributed by atoms with Crippen LogP contribution in [0.3, 0.4) is 0 Å². The molecule has 1 aliphatic carbocycles. The van der Waals surface area contributed by atoms with E-state index in [9.17, 15) is 0 Å². The number of hydrogen-bond acceptors (Lipinski definition) is 2. The molecule has 0 unspecified atom stereocenters. The van der Waals surface area contributed by atoms with E-state index in [0.717, 1.165) is 19.5 Å². The maximum Gasteiger partial charge on any atom is 0.108 e. The summed E-state index contributed by atoms with van der Waals surface area (Å²) < 4.78 is 2.33. The van der Waals surface area contributed by atoms with Crippen molar-refractivity contribution < 1.29 is 0 Å². The Morgan fingerprint density at radius 2 is 2.29 bits per heavy atom. The molecule has 1 fully saturated rings. The highest BCUT2D eigenvalue weighted by atomic mass is 15.1. The maximum atomic E-state index is 5.81. The second kappa shape index (κ2) is 2.83. The van der Waals surface area contributed by atoms with Crippen LogP contribution in [0.25, 0.3) is 0 Å². The molecular weight excluding hydrogens is 174 g/mol. The average Bonchev–Trinajstić information content (AvgIpc) is 2.91. The third-order valence-electron chi connectivity index (χ3n) is 3.70. The molecule has 2 N–H and O–H groups in total. The topological polar surface area (TPSA) is 43.8 Å². The Hall–Kier alpha value is -0.830. The molecule has 2 heterocycles. The summed E-state index contributed by atoms with van der Waals surface area (Å²) in [6, 6.07) is 0. The fourth-order valence-corrected chi connectivity index (χ4v) is 2.38. The Labute approximate surface area is 84.3 Å². The Morgan fingerprint density at radius 3 is 2.93 bits per heavy atom. The van der Waals surface area contributed by atoms with E-state index in [0.29, 0.717) is 0 Å². The van der Waals surface area contributed by atoms with Gasteiger partial charge in [0, 0.05) is 31.1 Å². The lowest BCUT2D eigenvalue weighted by molar-refractivity contribution is 0.522. The van der Waals surface area contributed by atoms with Crippen LogP contribution in [0, 0.1) is 0 Å². The largest absolute Gasteiger partial charge is 0.335 e. The van der Waals surface area contributed by atoms with Gasteiger partial charge in [-0.15, -0.1) is 0 Å². The molecule has 0 aromatic carbocycles. The lowest BCUT2D eigenvalue weighted by atomic mass is 10.0. The van der Waals surface area contributed by atoms with E-state index >= 15 is 0 Å². The van der Waals surface area contributed by atoms with Crippen LogP contribution < -0.4 is 5.73 Å². The standard InChI is InChI=1S/C11H17N3/c12-8-11(4-5-11)9-7-14-6-2-1-3-10(14)13-9/h7H,1-6,8,12H2. The third kappa shape index (κ3) is 1.12. The van der Waals surface area contributed by atoms with E-state index in [2.05, 4.69) is 10.8 Å². The quantitative estimate of drug-likeness (QED) is 0.763. The van der Waals surface area contributed by atoms with E-state index < -0.39 is 0 Å². The number of nitrogens with two attached hydrogens (primary N) is 1. The highest BCUT2D eigenvalue weighted by Gasteiger charge is 2.45. The zero-order chi connectivity index (χ0) is 9.60. The van der Waals surface area contributed by atoms with Crippen LogP contribution in [0.15, 0.2) is 6.20 Å². The van der Waals surface area contributed by atoms with Gasteiger partial charge >= 0.3 is 0 Å². The minimum absolute atomic E-state index is 0.268. The third-order valence-corrected chi connectivity index (χ3v) is 3.70. The molecule has 0 bridgehead atoms. The van der Waals surface area contributed by atoms with Crippen molar-refractivity contribution in [1.82, 2.24) is 9.55 Å². The summed E-state index contributed by atoms with van der Waals surface area (Å²) in [7, 11) is 0. The molecule has 3 rings (SSSR count). The first-order valence-corrected chi connectivity index (χ1v) is 5.61. The molecular formula is C11H17N3. The van der Waals surface area contributed by atoms with E-state index in [1.54, 1.807) is 0 Å². The number of aromatic nitrogens is 2. The number of hydrogen-bond donors (Lipinski definition) is 1. The zero-order valence-corrected chi connectivity index (χ0v) is 8.50. The Kier molecular flexibility index (Phi) is 1.71. The lowest BCUT2D eigenvalue weighted by Crippen LogP contribution is -2.20. The average molecular weight is 191 g/mol. The van der Waals surface area contributed by atoms with Crippen molar-refractivity contribution in [2.75, 3.05) is 6.54 Å². The molecule has 1 aromatic rings. The fourth-order valence-electron chi connectivity index (χ4n) is 2.38. The van der Waals surface area contributed by atoms with Gasteiger partial charge in [0.25, 0.3) is 0 Å². The van der Waals surface area contributed by atoms with E-state index in [1.165, 1.54) is 37.2 Å². The molecule has 0 spiro atoms. The molecule has 0 atom stereocenters. The molecule has 2 aliphatic rings. The van der Waals surface area contributed by atoms with Gasteiger partial charge in [-0.05, 0) is 25.7 Å². The van der Waals surface area contributed by atoms with Gasteiger partial charge in [0.15, 0.2) is 0 Å². The van der Waals surface area contributed by atoms with Crippen molar-refractivity contribution in [2.24, 2.45) is 5.73 Å². The Balaban J connectivity index is 1.96. The van der Waals surface area contributed by atoms with Crippen molar-refractivity contribution in [3.8, 4) is 0 Å². The summed E-state index contributed by atoms with van der Waals surface area (Å²) in [5, 5.41) is 0. The summed E-state index contributed by atoms with van der Waals surface area (Å²) in [6.07, 6.45) is 8.47. The molecule has 0 amide bonds. The molecule has 14 heavy (non-hydrogen) atoms. The second-order valence-electron chi connectivity index (χ2n) is 4.68. The molecule has 0 saturated heterocycles.